The molecule has 0 fully saturated rings. The van der Waals surface area contributed by atoms with Gasteiger partial charge in [-0.25, -0.2) is 0 Å². The largest absolute Gasteiger partial charge is 0.389 e. The molecule has 2 rings (SSSR count). The third-order valence-corrected chi connectivity index (χ3v) is 3.15. The lowest BCUT2D eigenvalue weighted by Gasteiger charge is -2.19. The molecular formula is C12H17NO. The van der Waals surface area contributed by atoms with Crippen LogP contribution in [0.5, 0.6) is 0 Å². The van der Waals surface area contributed by atoms with E-state index in [0.29, 0.717) is 6.04 Å². The van der Waals surface area contributed by atoms with E-state index in [9.17, 15) is 5.11 Å². The first-order valence-corrected chi connectivity index (χ1v) is 5.13. The van der Waals surface area contributed by atoms with Crippen molar-refractivity contribution in [1.29, 1.82) is 0 Å². The molecule has 0 spiro atoms. The van der Waals surface area contributed by atoms with Crippen LogP contribution in [0.1, 0.15) is 31.1 Å². The minimum absolute atomic E-state index is 0.371. The molecule has 1 aromatic carbocycles. The normalized spacial score (nSPS) is 22.3. The van der Waals surface area contributed by atoms with Crippen molar-refractivity contribution in [2.24, 2.45) is 0 Å². The standard InChI is InChI=1S/C12H17NO/c1-8-6-11-5-4-10(9(2)14)7-12(11)13(8)3/h4-5,7-9,14H,6H2,1-3H3. The maximum Gasteiger partial charge on any atom is 0.0762 e. The summed E-state index contributed by atoms with van der Waals surface area (Å²) in [7, 11) is 2.11. The number of aliphatic hydroxyl groups excluding tert-OH is 1. The second-order valence-corrected chi connectivity index (χ2v) is 4.23. The number of benzene rings is 1. The second-order valence-electron chi connectivity index (χ2n) is 4.23. The van der Waals surface area contributed by atoms with Crippen LogP contribution in [0.3, 0.4) is 0 Å². The minimum Gasteiger partial charge on any atom is -0.389 e. The van der Waals surface area contributed by atoms with Crippen molar-refractivity contribution in [3.8, 4) is 0 Å². The van der Waals surface area contributed by atoms with Crippen molar-refractivity contribution < 1.29 is 5.11 Å². The Balaban J connectivity index is 2.41. The van der Waals surface area contributed by atoms with Gasteiger partial charge in [0.05, 0.1) is 6.10 Å². The number of aliphatic hydroxyl groups is 1. The molecule has 1 heterocycles. The molecule has 0 amide bonds. The summed E-state index contributed by atoms with van der Waals surface area (Å²) in [4.78, 5) is 2.28. The highest BCUT2D eigenvalue weighted by molar-refractivity contribution is 5.60. The molecule has 2 heteroatoms. The van der Waals surface area contributed by atoms with Crippen molar-refractivity contribution in [2.75, 3.05) is 11.9 Å². The molecule has 0 radical (unpaired) electrons. The van der Waals surface area contributed by atoms with Crippen LogP contribution >= 0.6 is 0 Å². The third-order valence-electron chi connectivity index (χ3n) is 3.15. The van der Waals surface area contributed by atoms with Crippen molar-refractivity contribution in [3.05, 3.63) is 29.3 Å². The maximum absolute atomic E-state index is 9.49. The fraction of sp³-hybridized carbons (Fsp3) is 0.500. The molecule has 76 valence electrons. The summed E-state index contributed by atoms with van der Waals surface area (Å²) in [5.74, 6) is 0. The first-order valence-electron chi connectivity index (χ1n) is 5.13. The number of hydrogen-bond donors (Lipinski definition) is 1. The van der Waals surface area contributed by atoms with E-state index in [4.69, 9.17) is 0 Å². The molecule has 1 aromatic rings. The number of anilines is 1. The van der Waals surface area contributed by atoms with Crippen LogP contribution < -0.4 is 4.90 Å². The minimum atomic E-state index is -0.371. The van der Waals surface area contributed by atoms with Gasteiger partial charge in [0.15, 0.2) is 0 Å². The molecule has 2 nitrogen and oxygen atoms in total. The van der Waals surface area contributed by atoms with Gasteiger partial charge < -0.3 is 10.0 Å². The first kappa shape index (κ1) is 9.53. The van der Waals surface area contributed by atoms with Crippen LogP contribution in [-0.2, 0) is 6.42 Å². The molecule has 1 aliphatic rings. The average molecular weight is 191 g/mol. The molecule has 14 heavy (non-hydrogen) atoms. The predicted octanol–water partition coefficient (Wildman–Crippen LogP) is 2.12. The van der Waals surface area contributed by atoms with E-state index >= 15 is 0 Å². The van der Waals surface area contributed by atoms with Crippen LogP contribution in [0.4, 0.5) is 5.69 Å². The first-order chi connectivity index (χ1) is 6.59. The summed E-state index contributed by atoms with van der Waals surface area (Å²) < 4.78 is 0. The number of nitrogens with zero attached hydrogens (tertiary/aromatic N) is 1. The zero-order valence-electron chi connectivity index (χ0n) is 8.99. The van der Waals surface area contributed by atoms with E-state index in [2.05, 4.69) is 31.0 Å². The van der Waals surface area contributed by atoms with Crippen molar-refractivity contribution in [1.82, 2.24) is 0 Å². The van der Waals surface area contributed by atoms with E-state index in [1.54, 1.807) is 6.92 Å². The summed E-state index contributed by atoms with van der Waals surface area (Å²) in [5, 5.41) is 9.49. The monoisotopic (exact) mass is 191 g/mol. The van der Waals surface area contributed by atoms with Crippen LogP contribution in [0, 0.1) is 0 Å². The molecule has 0 aliphatic carbocycles. The van der Waals surface area contributed by atoms with Gasteiger partial charge in [0.1, 0.15) is 0 Å². The van der Waals surface area contributed by atoms with E-state index in [-0.39, 0.29) is 6.10 Å². The number of rotatable bonds is 1. The quantitative estimate of drug-likeness (QED) is 0.735. The Morgan fingerprint density at radius 2 is 2.21 bits per heavy atom. The lowest BCUT2D eigenvalue weighted by molar-refractivity contribution is 0.199. The molecule has 1 N–H and O–H groups in total. The van der Waals surface area contributed by atoms with Crippen LogP contribution in [0.15, 0.2) is 18.2 Å². The third kappa shape index (κ3) is 1.40. The zero-order valence-corrected chi connectivity index (χ0v) is 8.99. The molecule has 2 atom stereocenters. The van der Waals surface area contributed by atoms with Crippen LogP contribution in [0.25, 0.3) is 0 Å². The summed E-state index contributed by atoms with van der Waals surface area (Å²) in [5.41, 5.74) is 3.67. The highest BCUT2D eigenvalue weighted by atomic mass is 16.3. The molecule has 2 unspecified atom stereocenters. The van der Waals surface area contributed by atoms with Gasteiger partial charge in [-0.1, -0.05) is 12.1 Å². The van der Waals surface area contributed by atoms with Crippen LogP contribution in [0.2, 0.25) is 0 Å². The van der Waals surface area contributed by atoms with E-state index in [1.807, 2.05) is 6.07 Å². The fourth-order valence-corrected chi connectivity index (χ4v) is 2.03. The highest BCUT2D eigenvalue weighted by Gasteiger charge is 2.22. The smallest absolute Gasteiger partial charge is 0.0762 e. The molecular weight excluding hydrogens is 174 g/mol. The Bertz CT molecular complexity index is 346. The van der Waals surface area contributed by atoms with Crippen molar-refractivity contribution in [2.45, 2.75) is 32.4 Å². The number of likely N-dealkylation sites (N-methyl/N-ethyl adjacent to an activating group) is 1. The highest BCUT2D eigenvalue weighted by Crippen LogP contribution is 2.32. The predicted molar refractivity (Wildman–Crippen MR) is 58.6 cm³/mol. The lowest BCUT2D eigenvalue weighted by atomic mass is 10.1. The summed E-state index contributed by atoms with van der Waals surface area (Å²) >= 11 is 0. The van der Waals surface area contributed by atoms with Gasteiger partial charge in [-0.2, -0.15) is 0 Å². The van der Waals surface area contributed by atoms with Gasteiger partial charge >= 0.3 is 0 Å². The summed E-state index contributed by atoms with van der Waals surface area (Å²) in [6, 6.07) is 6.84. The van der Waals surface area contributed by atoms with Gasteiger partial charge in [-0.05, 0) is 37.5 Å². The van der Waals surface area contributed by atoms with E-state index in [0.717, 1.165) is 12.0 Å². The number of hydrogen-bond acceptors (Lipinski definition) is 2. The maximum atomic E-state index is 9.49. The molecule has 0 aromatic heterocycles. The second kappa shape index (κ2) is 3.28. The Hall–Kier alpha value is -1.02. The average Bonchev–Trinajstić information content (AvgIpc) is 2.43. The molecule has 0 saturated carbocycles. The SMILES string of the molecule is CC(O)c1ccc2c(c1)N(C)C(C)C2. The molecule has 0 saturated heterocycles. The fourth-order valence-electron chi connectivity index (χ4n) is 2.03. The lowest BCUT2D eigenvalue weighted by Crippen LogP contribution is -2.23. The Labute approximate surface area is 85.2 Å². The zero-order chi connectivity index (χ0) is 10.3. The Morgan fingerprint density at radius 1 is 1.50 bits per heavy atom. The Morgan fingerprint density at radius 3 is 2.86 bits per heavy atom. The van der Waals surface area contributed by atoms with E-state index < -0.39 is 0 Å². The summed E-state index contributed by atoms with van der Waals surface area (Å²) in [6.07, 6.45) is 0.746. The molecule has 0 bridgehead atoms. The number of fused-ring (bicyclic) bond motifs is 1. The van der Waals surface area contributed by atoms with Gasteiger partial charge in [0.2, 0.25) is 0 Å². The van der Waals surface area contributed by atoms with Crippen molar-refractivity contribution in [3.63, 3.8) is 0 Å². The van der Waals surface area contributed by atoms with Gasteiger partial charge in [-0.3, -0.25) is 0 Å². The van der Waals surface area contributed by atoms with Gasteiger partial charge in [-0.15, -0.1) is 0 Å². The van der Waals surface area contributed by atoms with Crippen LogP contribution in [-0.4, -0.2) is 18.2 Å². The van der Waals surface area contributed by atoms with Gasteiger partial charge in [0.25, 0.3) is 0 Å². The van der Waals surface area contributed by atoms with Gasteiger partial charge in [0, 0.05) is 18.8 Å². The molecule has 1 aliphatic heterocycles. The topological polar surface area (TPSA) is 23.5 Å². The van der Waals surface area contributed by atoms with E-state index in [1.165, 1.54) is 11.3 Å². The summed E-state index contributed by atoms with van der Waals surface area (Å²) in [6.45, 7) is 4.03. The Kier molecular flexibility index (Phi) is 2.23. The van der Waals surface area contributed by atoms with Crippen molar-refractivity contribution >= 4 is 5.69 Å².